The van der Waals surface area contributed by atoms with Gasteiger partial charge in [-0.2, -0.15) is 0 Å². The van der Waals surface area contributed by atoms with Gasteiger partial charge in [0.05, 0.1) is 19.0 Å². The lowest BCUT2D eigenvalue weighted by Gasteiger charge is -2.06. The first-order chi connectivity index (χ1) is 8.79. The third kappa shape index (κ3) is 3.49. The molecule has 1 aromatic carbocycles. The molecule has 0 bridgehead atoms. The van der Waals surface area contributed by atoms with Crippen LogP contribution in [0.2, 0.25) is 5.02 Å². The maximum absolute atomic E-state index is 13.1. The summed E-state index contributed by atoms with van der Waals surface area (Å²) in [6, 6.07) is 5.19. The van der Waals surface area contributed by atoms with Crippen LogP contribution < -0.4 is 4.72 Å². The molecule has 0 saturated heterocycles. The van der Waals surface area contributed by atoms with E-state index in [1.54, 1.807) is 0 Å². The van der Waals surface area contributed by atoms with Crippen molar-refractivity contribution in [1.29, 1.82) is 0 Å². The molecule has 0 saturated carbocycles. The Kier molecular flexibility index (Phi) is 4.56. The summed E-state index contributed by atoms with van der Waals surface area (Å²) in [6.07, 6.45) is 0. The van der Waals surface area contributed by atoms with Crippen molar-refractivity contribution in [3.63, 3.8) is 0 Å². The maximum Gasteiger partial charge on any atom is 0.271 e. The second-order valence-electron chi connectivity index (χ2n) is 3.42. The summed E-state index contributed by atoms with van der Waals surface area (Å²) in [4.78, 5) is 0. The molecule has 0 unspecified atom stereocenters. The number of hydrogen-bond acceptors (Lipinski definition) is 3. The second-order valence-corrected chi connectivity index (χ2v) is 8.96. The molecule has 0 aliphatic carbocycles. The summed E-state index contributed by atoms with van der Waals surface area (Å²) in [7, 11) is -3.73. The Morgan fingerprint density at radius 2 is 1.95 bits per heavy atom. The van der Waals surface area contributed by atoms with E-state index in [1.807, 2.05) is 0 Å². The van der Waals surface area contributed by atoms with E-state index in [0.717, 1.165) is 11.3 Å². The molecule has 0 amide bonds. The zero-order valence-corrected chi connectivity index (χ0v) is 14.5. The van der Waals surface area contributed by atoms with E-state index >= 15 is 0 Å². The van der Waals surface area contributed by atoms with Gasteiger partial charge in [0.1, 0.15) is 10.0 Å². The Bertz CT molecular complexity index is 714. The van der Waals surface area contributed by atoms with Gasteiger partial charge < -0.3 is 0 Å². The minimum atomic E-state index is -3.73. The summed E-state index contributed by atoms with van der Waals surface area (Å²) < 4.78 is 40.4. The van der Waals surface area contributed by atoms with Crippen molar-refractivity contribution in [1.82, 2.24) is 0 Å². The van der Waals surface area contributed by atoms with Crippen LogP contribution in [0.4, 0.5) is 10.1 Å². The lowest BCUT2D eigenvalue weighted by Crippen LogP contribution is -2.11. The molecule has 3 nitrogen and oxygen atoms in total. The molecule has 2 rings (SSSR count). The van der Waals surface area contributed by atoms with Crippen LogP contribution in [-0.2, 0) is 10.0 Å². The highest BCUT2D eigenvalue weighted by molar-refractivity contribution is 9.11. The molecule has 0 radical (unpaired) electrons. The number of nitrogens with one attached hydrogen (secondary N) is 1. The Morgan fingerprint density at radius 3 is 2.47 bits per heavy atom. The summed E-state index contributed by atoms with van der Waals surface area (Å²) >= 11 is 12.9. The fourth-order valence-electron chi connectivity index (χ4n) is 1.22. The van der Waals surface area contributed by atoms with Gasteiger partial charge in [0.25, 0.3) is 10.0 Å². The zero-order chi connectivity index (χ0) is 14.2. The monoisotopic (exact) mass is 447 g/mol. The first-order valence-electron chi connectivity index (χ1n) is 4.72. The van der Waals surface area contributed by atoms with Gasteiger partial charge in [0.15, 0.2) is 0 Å². The molecule has 2 aromatic rings. The molecular weight excluding hydrogens is 445 g/mol. The number of rotatable bonds is 3. The molecule has 1 heterocycles. The molecule has 9 heteroatoms. The number of hydrogen-bond donors (Lipinski definition) is 1. The first kappa shape index (κ1) is 15.2. The molecule has 0 aliphatic heterocycles. The topological polar surface area (TPSA) is 46.2 Å². The highest BCUT2D eigenvalue weighted by atomic mass is 79.9. The molecule has 1 aromatic heterocycles. The van der Waals surface area contributed by atoms with Crippen LogP contribution in [0.15, 0.2) is 36.7 Å². The van der Waals surface area contributed by atoms with Crippen molar-refractivity contribution in [2.24, 2.45) is 0 Å². The van der Waals surface area contributed by atoms with Gasteiger partial charge in [0.2, 0.25) is 0 Å². The second kappa shape index (κ2) is 5.69. The van der Waals surface area contributed by atoms with Crippen LogP contribution in [-0.4, -0.2) is 8.42 Å². The SMILES string of the molecule is O=S(=O)(Nc1ccc(F)c(Br)c1)c1cc(Cl)c(Br)s1. The van der Waals surface area contributed by atoms with E-state index in [4.69, 9.17) is 11.6 Å². The van der Waals surface area contributed by atoms with E-state index in [0.29, 0.717) is 8.81 Å². The molecule has 19 heavy (non-hydrogen) atoms. The highest BCUT2D eigenvalue weighted by Gasteiger charge is 2.19. The van der Waals surface area contributed by atoms with Crippen molar-refractivity contribution < 1.29 is 12.8 Å². The summed E-state index contributed by atoms with van der Waals surface area (Å²) in [6.45, 7) is 0. The van der Waals surface area contributed by atoms with Gasteiger partial charge in [0, 0.05) is 0 Å². The predicted octanol–water partition coefficient (Wildman–Crippen LogP) is 4.87. The number of thiophene rings is 1. The number of sulfonamides is 1. The minimum Gasteiger partial charge on any atom is -0.279 e. The lowest BCUT2D eigenvalue weighted by atomic mass is 10.3. The number of halogens is 4. The Balaban J connectivity index is 2.33. The lowest BCUT2D eigenvalue weighted by molar-refractivity contribution is 0.602. The molecule has 0 spiro atoms. The molecule has 0 fully saturated rings. The fraction of sp³-hybridized carbons (Fsp3) is 0. The van der Waals surface area contributed by atoms with Crippen LogP contribution in [0.1, 0.15) is 0 Å². The van der Waals surface area contributed by atoms with Crippen molar-refractivity contribution in [3.8, 4) is 0 Å². The Morgan fingerprint density at radius 1 is 1.26 bits per heavy atom. The fourth-order valence-corrected chi connectivity index (χ4v) is 5.05. The molecule has 1 N–H and O–H groups in total. The maximum atomic E-state index is 13.1. The smallest absolute Gasteiger partial charge is 0.271 e. The van der Waals surface area contributed by atoms with Crippen LogP contribution in [0.3, 0.4) is 0 Å². The molecular formula is C10H5Br2ClFNO2S2. The van der Waals surface area contributed by atoms with Gasteiger partial charge in [-0.25, -0.2) is 12.8 Å². The standard InChI is InChI=1S/C10H5Br2ClFNO2S2/c11-6-3-5(1-2-8(6)14)15-19(16,17)9-4-7(13)10(12)18-9/h1-4,15H. The van der Waals surface area contributed by atoms with E-state index in [-0.39, 0.29) is 14.4 Å². The van der Waals surface area contributed by atoms with Gasteiger partial charge >= 0.3 is 0 Å². The quantitative estimate of drug-likeness (QED) is 0.727. The van der Waals surface area contributed by atoms with Crippen LogP contribution in [0.25, 0.3) is 0 Å². The van der Waals surface area contributed by atoms with Gasteiger partial charge in [-0.3, -0.25) is 4.72 Å². The highest BCUT2D eigenvalue weighted by Crippen LogP contribution is 2.35. The zero-order valence-electron chi connectivity index (χ0n) is 8.95. The molecule has 102 valence electrons. The summed E-state index contributed by atoms with van der Waals surface area (Å²) in [5.74, 6) is -0.468. The average molecular weight is 450 g/mol. The minimum absolute atomic E-state index is 0.0739. The Hall–Kier alpha value is -0.150. The largest absolute Gasteiger partial charge is 0.279 e. The van der Waals surface area contributed by atoms with Crippen LogP contribution >= 0.6 is 54.8 Å². The van der Waals surface area contributed by atoms with Gasteiger partial charge in [-0.1, -0.05) is 11.6 Å². The summed E-state index contributed by atoms with van der Waals surface area (Å²) in [5.41, 5.74) is 0.258. The molecule has 0 aliphatic rings. The van der Waals surface area contributed by atoms with Crippen molar-refractivity contribution in [3.05, 3.63) is 43.4 Å². The molecule has 0 atom stereocenters. The van der Waals surface area contributed by atoms with E-state index in [9.17, 15) is 12.8 Å². The third-order valence-electron chi connectivity index (χ3n) is 2.06. The predicted molar refractivity (Wildman–Crippen MR) is 81.9 cm³/mol. The average Bonchev–Trinajstić information content (AvgIpc) is 2.65. The number of anilines is 1. The first-order valence-corrected chi connectivity index (χ1v) is 8.98. The number of benzene rings is 1. The third-order valence-corrected chi connectivity index (χ3v) is 7.00. The van der Waals surface area contributed by atoms with Crippen molar-refractivity contribution in [2.75, 3.05) is 4.72 Å². The van der Waals surface area contributed by atoms with Gasteiger partial charge in [-0.15, -0.1) is 11.3 Å². The van der Waals surface area contributed by atoms with Gasteiger partial charge in [-0.05, 0) is 56.1 Å². The normalized spacial score (nSPS) is 11.6. The van der Waals surface area contributed by atoms with E-state index in [2.05, 4.69) is 36.6 Å². The van der Waals surface area contributed by atoms with Crippen molar-refractivity contribution >= 4 is 70.5 Å². The van der Waals surface area contributed by atoms with Crippen LogP contribution in [0.5, 0.6) is 0 Å². The summed E-state index contributed by atoms with van der Waals surface area (Å²) in [5, 5.41) is 0.325. The van der Waals surface area contributed by atoms with E-state index in [1.165, 1.54) is 24.3 Å². The Labute approximate surface area is 135 Å². The van der Waals surface area contributed by atoms with Crippen LogP contribution in [0, 0.1) is 5.82 Å². The van der Waals surface area contributed by atoms with Crippen molar-refractivity contribution in [2.45, 2.75) is 4.21 Å². The van der Waals surface area contributed by atoms with E-state index < -0.39 is 15.8 Å².